The van der Waals surface area contributed by atoms with Gasteiger partial charge < -0.3 is 4.57 Å². The number of benzene rings is 2. The molecule has 0 saturated carbocycles. The second kappa shape index (κ2) is 7.04. The first-order valence-electron chi connectivity index (χ1n) is 8.93. The number of nitrogens with one attached hydrogen (secondary N) is 1. The Hall–Kier alpha value is -2.86. The van der Waals surface area contributed by atoms with Gasteiger partial charge in [0.1, 0.15) is 5.82 Å². The van der Waals surface area contributed by atoms with E-state index >= 15 is 0 Å². The maximum Gasteiger partial charge on any atom is 0.255 e. The highest BCUT2D eigenvalue weighted by atomic mass is 32.2. The summed E-state index contributed by atoms with van der Waals surface area (Å²) in [6.45, 7) is 2.98. The molecule has 2 heterocycles. The van der Waals surface area contributed by atoms with Crippen molar-refractivity contribution >= 4 is 21.8 Å². The third-order valence-corrected chi connectivity index (χ3v) is 5.69. The highest BCUT2D eigenvalue weighted by Crippen LogP contribution is 2.26. The van der Waals surface area contributed by atoms with Crippen molar-refractivity contribution in [3.8, 4) is 11.3 Å². The fourth-order valence-electron chi connectivity index (χ4n) is 3.24. The van der Waals surface area contributed by atoms with Crippen molar-refractivity contribution in [2.45, 2.75) is 26.3 Å². The SMILES string of the molecule is Cc1ccc(/C=C/S(=O)(=O)Nc2ccc(-c3cnc4n3CCC4)cc2)cc1. The van der Waals surface area contributed by atoms with Gasteiger partial charge in [0.25, 0.3) is 10.0 Å². The summed E-state index contributed by atoms with van der Waals surface area (Å²) >= 11 is 0. The molecular formula is C21H21N3O2S. The van der Waals surface area contributed by atoms with Crippen LogP contribution in [-0.4, -0.2) is 18.0 Å². The Balaban J connectivity index is 1.48. The fourth-order valence-corrected chi connectivity index (χ4v) is 4.11. The Morgan fingerprint density at radius 1 is 1.07 bits per heavy atom. The van der Waals surface area contributed by atoms with Crippen LogP contribution in [0, 0.1) is 6.92 Å². The molecular weight excluding hydrogens is 358 g/mol. The fraction of sp³-hybridized carbons (Fsp3) is 0.190. The van der Waals surface area contributed by atoms with Gasteiger partial charge >= 0.3 is 0 Å². The van der Waals surface area contributed by atoms with Gasteiger partial charge in [0.05, 0.1) is 17.3 Å². The average molecular weight is 379 g/mol. The van der Waals surface area contributed by atoms with Crippen LogP contribution in [0.5, 0.6) is 0 Å². The van der Waals surface area contributed by atoms with Gasteiger partial charge in [-0.1, -0.05) is 42.0 Å². The van der Waals surface area contributed by atoms with Crippen LogP contribution >= 0.6 is 0 Å². The van der Waals surface area contributed by atoms with Gasteiger partial charge in [-0.15, -0.1) is 0 Å². The van der Waals surface area contributed by atoms with E-state index in [0.717, 1.165) is 47.6 Å². The van der Waals surface area contributed by atoms with Crippen LogP contribution in [0.2, 0.25) is 0 Å². The summed E-state index contributed by atoms with van der Waals surface area (Å²) in [7, 11) is -3.57. The molecule has 5 nitrogen and oxygen atoms in total. The number of rotatable bonds is 5. The van der Waals surface area contributed by atoms with E-state index in [1.54, 1.807) is 18.2 Å². The number of aromatic nitrogens is 2. The van der Waals surface area contributed by atoms with Gasteiger partial charge in [0, 0.05) is 18.7 Å². The van der Waals surface area contributed by atoms with E-state index in [1.807, 2.05) is 49.5 Å². The van der Waals surface area contributed by atoms with E-state index in [0.29, 0.717) is 5.69 Å². The van der Waals surface area contributed by atoms with E-state index in [2.05, 4.69) is 14.3 Å². The lowest BCUT2D eigenvalue weighted by atomic mass is 10.1. The summed E-state index contributed by atoms with van der Waals surface area (Å²) in [5.74, 6) is 1.12. The second-order valence-electron chi connectivity index (χ2n) is 6.75. The van der Waals surface area contributed by atoms with Crippen molar-refractivity contribution in [2.75, 3.05) is 4.72 Å². The smallest absolute Gasteiger partial charge is 0.255 e. The summed E-state index contributed by atoms with van der Waals surface area (Å²) in [6.07, 6.45) is 5.62. The molecule has 4 rings (SSSR count). The monoisotopic (exact) mass is 379 g/mol. The molecule has 0 bridgehead atoms. The van der Waals surface area contributed by atoms with Crippen molar-refractivity contribution < 1.29 is 8.42 Å². The number of imidazole rings is 1. The number of anilines is 1. The van der Waals surface area contributed by atoms with E-state index in [-0.39, 0.29) is 0 Å². The maximum atomic E-state index is 12.3. The minimum Gasteiger partial charge on any atom is -0.328 e. The topological polar surface area (TPSA) is 64.0 Å². The first-order chi connectivity index (χ1) is 13.0. The Morgan fingerprint density at radius 3 is 2.56 bits per heavy atom. The third kappa shape index (κ3) is 3.95. The predicted molar refractivity (Wildman–Crippen MR) is 109 cm³/mol. The molecule has 2 aromatic carbocycles. The number of sulfonamides is 1. The number of hydrogen-bond acceptors (Lipinski definition) is 3. The molecule has 0 spiro atoms. The van der Waals surface area contributed by atoms with Gasteiger partial charge in [0.15, 0.2) is 0 Å². The van der Waals surface area contributed by atoms with Crippen LogP contribution in [0.25, 0.3) is 17.3 Å². The molecule has 0 amide bonds. The van der Waals surface area contributed by atoms with Gasteiger partial charge in [0.2, 0.25) is 0 Å². The van der Waals surface area contributed by atoms with E-state index in [1.165, 1.54) is 5.41 Å². The Morgan fingerprint density at radius 2 is 1.81 bits per heavy atom. The van der Waals surface area contributed by atoms with E-state index in [4.69, 9.17) is 0 Å². The molecule has 1 aliphatic rings. The quantitative estimate of drug-likeness (QED) is 0.722. The molecule has 0 fully saturated rings. The second-order valence-corrected chi connectivity index (χ2v) is 8.32. The lowest BCUT2D eigenvalue weighted by Gasteiger charge is -2.08. The van der Waals surface area contributed by atoms with Crippen LogP contribution in [0.4, 0.5) is 5.69 Å². The van der Waals surface area contributed by atoms with Gasteiger partial charge in [-0.05, 0) is 42.7 Å². The van der Waals surface area contributed by atoms with Crippen LogP contribution in [0.15, 0.2) is 60.1 Å². The Kier molecular flexibility index (Phi) is 4.58. The summed E-state index contributed by atoms with van der Waals surface area (Å²) in [5, 5.41) is 1.19. The molecule has 0 unspecified atom stereocenters. The molecule has 0 aliphatic carbocycles. The van der Waals surface area contributed by atoms with E-state index < -0.39 is 10.0 Å². The minimum absolute atomic E-state index is 0.536. The zero-order valence-electron chi connectivity index (χ0n) is 15.1. The Labute approximate surface area is 159 Å². The molecule has 0 atom stereocenters. The van der Waals surface area contributed by atoms with Crippen molar-refractivity contribution in [2.24, 2.45) is 0 Å². The molecule has 27 heavy (non-hydrogen) atoms. The van der Waals surface area contributed by atoms with Crippen molar-refractivity contribution in [3.63, 3.8) is 0 Å². The lowest BCUT2D eigenvalue weighted by Crippen LogP contribution is -2.08. The van der Waals surface area contributed by atoms with Gasteiger partial charge in [-0.25, -0.2) is 13.4 Å². The third-order valence-electron chi connectivity index (χ3n) is 4.68. The normalized spacial score (nSPS) is 13.8. The van der Waals surface area contributed by atoms with Crippen molar-refractivity contribution in [1.29, 1.82) is 0 Å². The first-order valence-corrected chi connectivity index (χ1v) is 10.5. The lowest BCUT2D eigenvalue weighted by molar-refractivity contribution is 0.609. The summed E-state index contributed by atoms with van der Waals surface area (Å²) in [4.78, 5) is 4.46. The zero-order chi connectivity index (χ0) is 18.9. The minimum atomic E-state index is -3.57. The maximum absolute atomic E-state index is 12.3. The highest BCUT2D eigenvalue weighted by Gasteiger charge is 2.16. The first kappa shape index (κ1) is 17.5. The average Bonchev–Trinajstić information content (AvgIpc) is 3.25. The summed E-state index contributed by atoms with van der Waals surface area (Å²) in [6, 6.07) is 15.1. The van der Waals surface area contributed by atoms with Crippen LogP contribution < -0.4 is 4.72 Å². The van der Waals surface area contributed by atoms with Gasteiger partial charge in [-0.2, -0.15) is 0 Å². The molecule has 0 radical (unpaired) electrons. The largest absolute Gasteiger partial charge is 0.328 e. The number of aryl methyl sites for hydroxylation is 2. The molecule has 1 aliphatic heterocycles. The van der Waals surface area contributed by atoms with Gasteiger partial charge in [-0.3, -0.25) is 4.72 Å². The standard InChI is InChI=1S/C21H21N3O2S/c1-16-4-6-17(7-5-16)12-14-27(25,26)23-19-10-8-18(9-11-19)20-15-22-21-3-2-13-24(20)21/h4-12,14-15,23H,2-3,13H2,1H3/b14-12+. The van der Waals surface area contributed by atoms with Crippen LogP contribution in [0.1, 0.15) is 23.4 Å². The summed E-state index contributed by atoms with van der Waals surface area (Å²) in [5.41, 5.74) is 4.63. The molecule has 3 aromatic rings. The van der Waals surface area contributed by atoms with Crippen molar-refractivity contribution in [3.05, 3.63) is 77.1 Å². The van der Waals surface area contributed by atoms with Crippen LogP contribution in [0.3, 0.4) is 0 Å². The molecule has 0 saturated heterocycles. The predicted octanol–water partition coefficient (Wildman–Crippen LogP) is 4.22. The molecule has 1 aromatic heterocycles. The summed E-state index contributed by atoms with van der Waals surface area (Å²) < 4.78 is 29.4. The number of fused-ring (bicyclic) bond motifs is 1. The Bertz CT molecular complexity index is 1080. The highest BCUT2D eigenvalue weighted by molar-refractivity contribution is 7.95. The van der Waals surface area contributed by atoms with Crippen molar-refractivity contribution in [1.82, 2.24) is 9.55 Å². The molecule has 6 heteroatoms. The molecule has 138 valence electrons. The molecule has 1 N–H and O–H groups in total. The number of nitrogens with zero attached hydrogens (tertiary/aromatic N) is 2. The zero-order valence-corrected chi connectivity index (χ0v) is 15.9. The van der Waals surface area contributed by atoms with E-state index in [9.17, 15) is 8.42 Å². The number of hydrogen-bond donors (Lipinski definition) is 1. The van der Waals surface area contributed by atoms with Crippen LogP contribution in [-0.2, 0) is 23.0 Å².